The molecule has 6 heteroatoms. The van der Waals surface area contributed by atoms with Gasteiger partial charge in [-0.2, -0.15) is 0 Å². The Labute approximate surface area is 236 Å². The second-order valence-corrected chi connectivity index (χ2v) is 12.6. The molecule has 1 aliphatic heterocycles. The fourth-order valence-corrected chi connectivity index (χ4v) is 5.02. The molecule has 3 aromatic carbocycles. The van der Waals surface area contributed by atoms with Crippen LogP contribution in [0, 0.1) is 6.92 Å². The van der Waals surface area contributed by atoms with Gasteiger partial charge in [0.2, 0.25) is 0 Å². The Morgan fingerprint density at radius 2 is 1.35 bits per heavy atom. The molecule has 2 N–H and O–H groups in total. The molecule has 1 fully saturated rings. The number of aryl methyl sites for hydroxylation is 1. The van der Waals surface area contributed by atoms with E-state index in [4.69, 9.17) is 5.11 Å². The number of benzene rings is 3. The van der Waals surface area contributed by atoms with Gasteiger partial charge in [-0.15, -0.1) is 0 Å². The quantitative estimate of drug-likeness (QED) is 0.210. The fourth-order valence-electron chi connectivity index (χ4n) is 5.02. The number of Topliss-reactive ketones (excluding diaryl/α,β-unsaturated/α-hetero) is 1. The summed E-state index contributed by atoms with van der Waals surface area (Å²) in [5, 5.41) is 20.9. The number of hydrogen-bond donors (Lipinski definition) is 2. The molecule has 6 nitrogen and oxygen atoms in total. The molecule has 3 aromatic rings. The number of rotatable bonds is 5. The van der Waals surface area contributed by atoms with Crippen LogP contribution in [0.15, 0.2) is 72.3 Å². The normalized spacial score (nSPS) is 17.4. The van der Waals surface area contributed by atoms with Gasteiger partial charge in [-0.1, -0.05) is 90.1 Å². The van der Waals surface area contributed by atoms with Crippen molar-refractivity contribution < 1.29 is 24.6 Å². The fraction of sp³-hybridized carbons (Fsp3) is 0.324. The van der Waals surface area contributed by atoms with E-state index in [1.165, 1.54) is 4.90 Å². The van der Waals surface area contributed by atoms with Crippen molar-refractivity contribution in [1.82, 2.24) is 0 Å². The summed E-state index contributed by atoms with van der Waals surface area (Å²) in [7, 11) is 0. The van der Waals surface area contributed by atoms with Gasteiger partial charge in [0.25, 0.3) is 11.7 Å². The molecule has 0 spiro atoms. The van der Waals surface area contributed by atoms with E-state index >= 15 is 0 Å². The van der Waals surface area contributed by atoms with Gasteiger partial charge in [0.05, 0.1) is 18.0 Å². The molecule has 0 saturated carbocycles. The summed E-state index contributed by atoms with van der Waals surface area (Å²) in [6.07, 6.45) is -0.153. The average molecular weight is 540 g/mol. The van der Waals surface area contributed by atoms with E-state index in [1.807, 2.05) is 49.4 Å². The third-order valence-corrected chi connectivity index (χ3v) is 7.47. The molecule has 0 radical (unpaired) electrons. The minimum atomic E-state index is -0.958. The first-order valence-corrected chi connectivity index (χ1v) is 13.4. The number of amides is 1. The third kappa shape index (κ3) is 5.57. The molecule has 1 unspecified atom stereocenters. The van der Waals surface area contributed by atoms with Crippen LogP contribution >= 0.6 is 0 Å². The van der Waals surface area contributed by atoms with Crippen LogP contribution in [0.5, 0.6) is 0 Å². The van der Waals surface area contributed by atoms with Crippen LogP contribution < -0.4 is 4.90 Å². The van der Waals surface area contributed by atoms with Crippen molar-refractivity contribution >= 4 is 29.1 Å². The van der Waals surface area contributed by atoms with Crippen LogP contribution in [-0.2, 0) is 31.6 Å². The number of carbonyl (C=O) groups excluding carboxylic acids is 2. The standard InChI is InChI=1S/C34H37NO5/c1-20-8-13-24(34(5,6)7)19-26(20)30(38)28-29(22-11-14-23(15-12-22)33(2,3)4)35(32(40)31(28)39)25-16-9-21(10-17-25)18-27(36)37/h8-17,19,29,38H,18H2,1-7H3,(H,36,37)/b30-28+. The maximum atomic E-state index is 13.6. The van der Waals surface area contributed by atoms with E-state index in [2.05, 4.69) is 41.5 Å². The second-order valence-electron chi connectivity index (χ2n) is 12.6. The van der Waals surface area contributed by atoms with Gasteiger partial charge >= 0.3 is 5.97 Å². The predicted octanol–water partition coefficient (Wildman–Crippen LogP) is 6.84. The van der Waals surface area contributed by atoms with Crippen LogP contribution in [0.4, 0.5) is 5.69 Å². The summed E-state index contributed by atoms with van der Waals surface area (Å²) in [5.41, 5.74) is 4.85. The Bertz CT molecular complexity index is 1500. The molecule has 1 aliphatic rings. The summed E-state index contributed by atoms with van der Waals surface area (Å²) in [5.74, 6) is -2.68. The number of carboxylic acids is 1. The first-order valence-electron chi connectivity index (χ1n) is 13.4. The van der Waals surface area contributed by atoms with Crippen LogP contribution in [0.25, 0.3) is 5.76 Å². The molecule has 1 saturated heterocycles. The monoisotopic (exact) mass is 539 g/mol. The van der Waals surface area contributed by atoms with Crippen molar-refractivity contribution in [2.24, 2.45) is 0 Å². The number of carboxylic acid groups (broad SMARTS) is 1. The highest BCUT2D eigenvalue weighted by molar-refractivity contribution is 6.51. The van der Waals surface area contributed by atoms with Crippen LogP contribution in [-0.4, -0.2) is 27.9 Å². The second kappa shape index (κ2) is 10.4. The van der Waals surface area contributed by atoms with E-state index in [-0.39, 0.29) is 28.6 Å². The van der Waals surface area contributed by atoms with Gasteiger partial charge in [0.1, 0.15) is 5.76 Å². The van der Waals surface area contributed by atoms with Crippen LogP contribution in [0.1, 0.15) is 81.0 Å². The minimum Gasteiger partial charge on any atom is -0.507 e. The van der Waals surface area contributed by atoms with Crippen molar-refractivity contribution in [3.63, 3.8) is 0 Å². The highest BCUT2D eigenvalue weighted by Gasteiger charge is 2.47. The minimum absolute atomic E-state index is 0.0253. The van der Waals surface area contributed by atoms with Gasteiger partial charge in [0.15, 0.2) is 0 Å². The number of aliphatic hydroxyl groups is 1. The number of nitrogens with zero attached hydrogens (tertiary/aromatic N) is 1. The zero-order chi connectivity index (χ0) is 29.6. The number of ketones is 1. The number of hydrogen-bond acceptors (Lipinski definition) is 4. The summed E-state index contributed by atoms with van der Waals surface area (Å²) >= 11 is 0. The summed E-state index contributed by atoms with van der Waals surface area (Å²) in [6, 6.07) is 19.3. The molecule has 0 aromatic heterocycles. The Kier molecular flexibility index (Phi) is 7.50. The molecular weight excluding hydrogens is 502 g/mol. The Hall–Kier alpha value is -4.19. The lowest BCUT2D eigenvalue weighted by Crippen LogP contribution is -2.29. The van der Waals surface area contributed by atoms with E-state index < -0.39 is 23.7 Å². The molecule has 4 rings (SSSR count). The van der Waals surface area contributed by atoms with Gasteiger partial charge in [-0.3, -0.25) is 19.3 Å². The molecular formula is C34H37NO5. The summed E-state index contributed by atoms with van der Waals surface area (Å²) in [4.78, 5) is 39.8. The predicted molar refractivity (Wildman–Crippen MR) is 158 cm³/mol. The van der Waals surface area contributed by atoms with Gasteiger partial charge < -0.3 is 10.2 Å². The number of carbonyl (C=O) groups is 3. The van der Waals surface area contributed by atoms with Gasteiger partial charge in [-0.05, 0) is 63.8 Å². The van der Waals surface area contributed by atoms with Gasteiger partial charge in [-0.25, -0.2) is 0 Å². The van der Waals surface area contributed by atoms with Crippen molar-refractivity contribution in [3.8, 4) is 0 Å². The summed E-state index contributed by atoms with van der Waals surface area (Å²) < 4.78 is 0. The van der Waals surface area contributed by atoms with E-state index in [1.54, 1.807) is 24.3 Å². The first-order chi connectivity index (χ1) is 18.6. The molecule has 1 amide bonds. The Balaban J connectivity index is 1.93. The SMILES string of the molecule is Cc1ccc(C(C)(C)C)cc1/C(O)=C1\C(=O)C(=O)N(c2ccc(CC(=O)O)cc2)C1c1ccc(C(C)(C)C)cc1. The van der Waals surface area contributed by atoms with Crippen LogP contribution in [0.2, 0.25) is 0 Å². The smallest absolute Gasteiger partial charge is 0.307 e. The lowest BCUT2D eigenvalue weighted by molar-refractivity contribution is -0.136. The van der Waals surface area contributed by atoms with Crippen LogP contribution in [0.3, 0.4) is 0 Å². The average Bonchev–Trinajstić information content (AvgIpc) is 3.13. The molecule has 1 heterocycles. The van der Waals surface area contributed by atoms with E-state index in [0.29, 0.717) is 22.4 Å². The lowest BCUT2D eigenvalue weighted by Gasteiger charge is -2.27. The van der Waals surface area contributed by atoms with Crippen molar-refractivity contribution in [2.75, 3.05) is 4.90 Å². The molecule has 0 aliphatic carbocycles. The highest BCUT2D eigenvalue weighted by atomic mass is 16.4. The zero-order valence-electron chi connectivity index (χ0n) is 24.2. The van der Waals surface area contributed by atoms with E-state index in [0.717, 1.165) is 16.7 Å². The zero-order valence-corrected chi connectivity index (χ0v) is 24.2. The maximum absolute atomic E-state index is 13.6. The van der Waals surface area contributed by atoms with Crippen molar-refractivity contribution in [3.05, 3.63) is 106 Å². The number of anilines is 1. The largest absolute Gasteiger partial charge is 0.507 e. The third-order valence-electron chi connectivity index (χ3n) is 7.47. The number of aliphatic carboxylic acids is 1. The van der Waals surface area contributed by atoms with Crippen molar-refractivity contribution in [2.45, 2.75) is 71.8 Å². The Morgan fingerprint density at radius 3 is 1.88 bits per heavy atom. The van der Waals surface area contributed by atoms with E-state index in [9.17, 15) is 19.5 Å². The molecule has 40 heavy (non-hydrogen) atoms. The lowest BCUT2D eigenvalue weighted by atomic mass is 9.84. The highest BCUT2D eigenvalue weighted by Crippen LogP contribution is 2.43. The molecule has 208 valence electrons. The van der Waals surface area contributed by atoms with Gasteiger partial charge in [0, 0.05) is 11.3 Å². The molecule has 1 atom stereocenters. The Morgan fingerprint density at radius 1 is 0.800 bits per heavy atom. The topological polar surface area (TPSA) is 94.9 Å². The number of aliphatic hydroxyl groups excluding tert-OH is 1. The molecule has 0 bridgehead atoms. The first kappa shape index (κ1) is 28.8. The van der Waals surface area contributed by atoms with Crippen molar-refractivity contribution in [1.29, 1.82) is 0 Å². The maximum Gasteiger partial charge on any atom is 0.307 e. The summed E-state index contributed by atoms with van der Waals surface area (Å²) in [6.45, 7) is 14.4.